The lowest BCUT2D eigenvalue weighted by Crippen LogP contribution is -2.49. The number of aromatic hydroxyl groups is 1. The molecule has 4 amide bonds. The Morgan fingerprint density at radius 2 is 1.66 bits per heavy atom. The molecule has 2 heterocycles. The molecular weight excluding hydrogens is 606 g/mol. The Hall–Kier alpha value is -4.01. The highest BCUT2D eigenvalue weighted by Crippen LogP contribution is 2.64. The smallest absolute Gasteiger partial charge is 0.241 e. The van der Waals surface area contributed by atoms with Crippen LogP contribution in [0.2, 0.25) is 10.0 Å². The molecule has 0 spiro atoms. The summed E-state index contributed by atoms with van der Waals surface area (Å²) in [5.41, 5.74) is 0.956. The van der Waals surface area contributed by atoms with Gasteiger partial charge < -0.3 is 5.11 Å². The van der Waals surface area contributed by atoms with E-state index in [2.05, 4.69) is 0 Å². The van der Waals surface area contributed by atoms with E-state index in [9.17, 15) is 28.7 Å². The maximum absolute atomic E-state index is 14.4. The quantitative estimate of drug-likeness (QED) is 0.270. The summed E-state index contributed by atoms with van der Waals surface area (Å²) in [5, 5.41) is 10.1. The van der Waals surface area contributed by atoms with Crippen LogP contribution in [0.1, 0.15) is 36.8 Å². The fourth-order valence-corrected chi connectivity index (χ4v) is 8.43. The molecule has 44 heavy (non-hydrogen) atoms. The van der Waals surface area contributed by atoms with Crippen molar-refractivity contribution in [2.24, 2.45) is 29.1 Å². The zero-order chi connectivity index (χ0) is 31.1. The van der Waals surface area contributed by atoms with Crippen molar-refractivity contribution in [2.45, 2.75) is 32.2 Å². The van der Waals surface area contributed by atoms with E-state index in [0.717, 1.165) is 22.1 Å². The van der Waals surface area contributed by atoms with Gasteiger partial charge in [-0.15, -0.1) is 0 Å². The van der Waals surface area contributed by atoms with Gasteiger partial charge in [-0.1, -0.05) is 71.2 Å². The molecule has 7 nitrogen and oxygen atoms in total. The van der Waals surface area contributed by atoms with Gasteiger partial charge in [0.15, 0.2) is 0 Å². The molecule has 1 N–H and O–H groups in total. The SMILES string of the molecule is CC12C(=O)N(c3ccc(F)c(Cl)c3)C(=O)C1CC1C(=CCC3C(=O)N(Cc4ccccc4)C(=O)C31)C2c1ccc(O)cc1Cl. The number of amides is 4. The van der Waals surface area contributed by atoms with Crippen LogP contribution in [-0.4, -0.2) is 33.6 Å². The number of hydrogen-bond acceptors (Lipinski definition) is 5. The van der Waals surface area contributed by atoms with E-state index in [0.29, 0.717) is 12.0 Å². The summed E-state index contributed by atoms with van der Waals surface area (Å²) in [4.78, 5) is 58.7. The minimum absolute atomic E-state index is 0.0602. The number of rotatable bonds is 4. The number of likely N-dealkylation sites (tertiary alicyclic amines) is 1. The molecule has 4 aliphatic rings. The monoisotopic (exact) mass is 632 g/mol. The second-order valence-electron chi connectivity index (χ2n) is 12.2. The predicted molar refractivity (Wildman–Crippen MR) is 161 cm³/mol. The Morgan fingerprint density at radius 3 is 2.36 bits per heavy atom. The number of halogens is 3. The summed E-state index contributed by atoms with van der Waals surface area (Å²) in [5.74, 6) is -5.67. The Labute approximate surface area is 262 Å². The number of phenolic OH excluding ortho intramolecular Hbond substituents is 1. The number of phenols is 1. The highest BCUT2D eigenvalue weighted by molar-refractivity contribution is 6.32. The van der Waals surface area contributed by atoms with E-state index in [4.69, 9.17) is 23.2 Å². The van der Waals surface area contributed by atoms with Crippen molar-refractivity contribution in [1.82, 2.24) is 4.90 Å². The van der Waals surface area contributed by atoms with Gasteiger partial charge in [-0.25, -0.2) is 9.29 Å². The van der Waals surface area contributed by atoms with Crippen LogP contribution in [0, 0.1) is 34.9 Å². The van der Waals surface area contributed by atoms with Crippen molar-refractivity contribution in [2.75, 3.05) is 4.90 Å². The summed E-state index contributed by atoms with van der Waals surface area (Å²) in [6, 6.07) is 17.5. The Bertz CT molecular complexity index is 1800. The molecule has 10 heteroatoms. The summed E-state index contributed by atoms with van der Waals surface area (Å²) < 4.78 is 14.0. The number of carbonyl (C=O) groups is 4. The highest BCUT2D eigenvalue weighted by atomic mass is 35.5. The Balaban J connectivity index is 1.35. The molecule has 6 unspecified atom stereocenters. The number of anilines is 1. The number of fused-ring (bicyclic) bond motifs is 4. The van der Waals surface area contributed by atoms with Gasteiger partial charge >= 0.3 is 0 Å². The van der Waals surface area contributed by atoms with Crippen LogP contribution in [-0.2, 0) is 25.7 Å². The van der Waals surface area contributed by atoms with Gasteiger partial charge in [-0.2, -0.15) is 0 Å². The first kappa shape index (κ1) is 28.7. The molecule has 7 rings (SSSR count). The minimum atomic E-state index is -1.33. The van der Waals surface area contributed by atoms with Crippen LogP contribution in [0.5, 0.6) is 5.75 Å². The van der Waals surface area contributed by atoms with E-state index in [1.165, 1.54) is 29.2 Å². The maximum atomic E-state index is 14.4. The van der Waals surface area contributed by atoms with E-state index in [1.807, 2.05) is 36.4 Å². The lowest BCUT2D eigenvalue weighted by atomic mass is 9.51. The summed E-state index contributed by atoms with van der Waals surface area (Å²) in [7, 11) is 0. The largest absolute Gasteiger partial charge is 0.508 e. The average molecular weight is 634 g/mol. The molecule has 3 aromatic carbocycles. The Morgan fingerprint density at radius 1 is 0.909 bits per heavy atom. The molecule has 0 aromatic heterocycles. The molecule has 0 radical (unpaired) electrons. The van der Waals surface area contributed by atoms with Crippen LogP contribution < -0.4 is 4.90 Å². The third-order valence-corrected chi connectivity index (χ3v) is 10.6. The van der Waals surface area contributed by atoms with Crippen molar-refractivity contribution in [1.29, 1.82) is 0 Å². The van der Waals surface area contributed by atoms with Gasteiger partial charge in [-0.05, 0) is 67.1 Å². The minimum Gasteiger partial charge on any atom is -0.508 e. The average Bonchev–Trinajstić information content (AvgIpc) is 3.35. The predicted octanol–water partition coefficient (Wildman–Crippen LogP) is 6.27. The standard InChI is InChI=1S/C34H27Cl2FN2O5/c1-34-24(31(42)39(33(34)44)18-7-12-27(37)26(36)13-18)15-23-20(29(34)21-9-8-19(40)14-25(21)35)10-11-22-28(23)32(43)38(30(22)41)16-17-5-3-2-4-6-17/h2-10,12-14,22-24,28-29,40H,11,15-16H2,1H3. The van der Waals surface area contributed by atoms with Crippen LogP contribution >= 0.6 is 23.2 Å². The zero-order valence-electron chi connectivity index (χ0n) is 23.5. The van der Waals surface area contributed by atoms with Gasteiger partial charge in [0.2, 0.25) is 23.6 Å². The van der Waals surface area contributed by atoms with Gasteiger partial charge in [0.25, 0.3) is 0 Å². The van der Waals surface area contributed by atoms with Gasteiger partial charge in [0, 0.05) is 10.9 Å². The molecular formula is C34H27Cl2FN2O5. The van der Waals surface area contributed by atoms with Gasteiger partial charge in [0.05, 0.1) is 40.4 Å². The molecule has 1 saturated carbocycles. The van der Waals surface area contributed by atoms with Crippen LogP contribution in [0.15, 0.2) is 78.4 Å². The topological polar surface area (TPSA) is 95.0 Å². The third kappa shape index (κ3) is 4.07. The van der Waals surface area contributed by atoms with Crippen molar-refractivity contribution in [3.05, 3.63) is 105 Å². The summed E-state index contributed by atoms with van der Waals surface area (Å²) >= 11 is 12.8. The molecule has 224 valence electrons. The number of hydrogen-bond donors (Lipinski definition) is 1. The number of carbonyl (C=O) groups excluding carboxylic acids is 4. The molecule has 2 aliphatic carbocycles. The summed E-state index contributed by atoms with van der Waals surface area (Å²) in [6.07, 6.45) is 2.41. The molecule has 3 fully saturated rings. The maximum Gasteiger partial charge on any atom is 0.241 e. The highest BCUT2D eigenvalue weighted by Gasteiger charge is 2.67. The fraction of sp³-hybridized carbons (Fsp3) is 0.294. The van der Waals surface area contributed by atoms with E-state index >= 15 is 0 Å². The normalized spacial score (nSPS) is 29.5. The third-order valence-electron chi connectivity index (χ3n) is 10.0. The second kappa shape index (κ2) is 10.3. The number of imide groups is 2. The molecule has 6 atom stereocenters. The van der Waals surface area contributed by atoms with E-state index in [-0.39, 0.29) is 46.3 Å². The first-order valence-corrected chi connectivity index (χ1v) is 15.2. The van der Waals surface area contributed by atoms with Crippen molar-refractivity contribution >= 4 is 52.5 Å². The Kier molecular flexibility index (Phi) is 6.71. The number of nitrogens with zero attached hydrogens (tertiary/aromatic N) is 2. The first-order valence-electron chi connectivity index (χ1n) is 14.4. The van der Waals surface area contributed by atoms with Crippen molar-refractivity contribution in [3.63, 3.8) is 0 Å². The van der Waals surface area contributed by atoms with Crippen molar-refractivity contribution in [3.8, 4) is 5.75 Å². The van der Waals surface area contributed by atoms with E-state index in [1.54, 1.807) is 13.0 Å². The van der Waals surface area contributed by atoms with Crippen LogP contribution in [0.4, 0.5) is 10.1 Å². The lowest BCUT2D eigenvalue weighted by molar-refractivity contribution is -0.141. The van der Waals surface area contributed by atoms with Crippen LogP contribution in [0.25, 0.3) is 0 Å². The number of allylic oxidation sites excluding steroid dienone is 2. The first-order chi connectivity index (χ1) is 21.0. The molecule has 0 bridgehead atoms. The molecule has 3 aromatic rings. The second-order valence-corrected chi connectivity index (χ2v) is 13.0. The van der Waals surface area contributed by atoms with E-state index < -0.39 is 52.6 Å². The zero-order valence-corrected chi connectivity index (χ0v) is 25.1. The molecule has 2 saturated heterocycles. The lowest BCUT2D eigenvalue weighted by Gasteiger charge is -2.49. The number of benzene rings is 3. The molecule has 2 aliphatic heterocycles. The van der Waals surface area contributed by atoms with Gasteiger partial charge in [-0.3, -0.25) is 24.1 Å². The summed E-state index contributed by atoms with van der Waals surface area (Å²) in [6.45, 7) is 1.88. The van der Waals surface area contributed by atoms with Crippen LogP contribution in [0.3, 0.4) is 0 Å². The van der Waals surface area contributed by atoms with Gasteiger partial charge in [0.1, 0.15) is 11.6 Å². The fourth-order valence-electron chi connectivity index (χ4n) is 7.97. The van der Waals surface area contributed by atoms with Crippen molar-refractivity contribution < 1.29 is 28.7 Å².